The quantitative estimate of drug-likeness (QED) is 0.291. The van der Waals surface area contributed by atoms with Gasteiger partial charge in [0.1, 0.15) is 12.2 Å². The van der Waals surface area contributed by atoms with Gasteiger partial charge in [0.2, 0.25) is 0 Å². The van der Waals surface area contributed by atoms with E-state index in [2.05, 4.69) is 6.92 Å². The van der Waals surface area contributed by atoms with E-state index in [1.807, 2.05) is 6.08 Å². The fourth-order valence-electron chi connectivity index (χ4n) is 2.64. The topological polar surface area (TPSA) is 69.7 Å². The Bertz CT molecular complexity index is 327. The largest absolute Gasteiger partial charge is 0.481 e. The average Bonchev–Trinajstić information content (AvgIpc) is 3.22. The van der Waals surface area contributed by atoms with E-state index in [0.717, 1.165) is 38.5 Å². The van der Waals surface area contributed by atoms with Crippen molar-refractivity contribution >= 4 is 5.97 Å². The summed E-state index contributed by atoms with van der Waals surface area (Å²) in [5.74, 6) is -0.722. The first-order valence-electron chi connectivity index (χ1n) is 8.85. The maximum absolute atomic E-state index is 11.8. The summed E-state index contributed by atoms with van der Waals surface area (Å²) in [5.41, 5.74) is 0. The summed E-state index contributed by atoms with van der Waals surface area (Å²) in [6, 6.07) is 0. The number of epoxide rings is 1. The summed E-state index contributed by atoms with van der Waals surface area (Å²) in [6.07, 6.45) is 14.0. The van der Waals surface area contributed by atoms with Gasteiger partial charge in [0, 0.05) is 6.42 Å². The molecule has 4 heteroatoms. The van der Waals surface area contributed by atoms with Crippen LogP contribution in [0.15, 0.2) is 12.2 Å². The highest BCUT2D eigenvalue weighted by molar-refractivity contribution is 5.66. The molecule has 0 aromatic heterocycles. The molecule has 0 amide bonds. The van der Waals surface area contributed by atoms with E-state index in [0.29, 0.717) is 12.5 Å². The molecule has 22 heavy (non-hydrogen) atoms. The lowest BCUT2D eigenvalue weighted by Crippen LogP contribution is -2.01. The molecule has 0 aromatic carbocycles. The van der Waals surface area contributed by atoms with Crippen molar-refractivity contribution in [3.05, 3.63) is 12.2 Å². The van der Waals surface area contributed by atoms with E-state index >= 15 is 0 Å². The SMILES string of the molecule is CCCCCC1OC1/C=C/C([O])CCCCCCCC(=O)O. The van der Waals surface area contributed by atoms with Gasteiger partial charge in [0.15, 0.2) is 0 Å². The zero-order valence-corrected chi connectivity index (χ0v) is 13.8. The maximum Gasteiger partial charge on any atom is 0.303 e. The zero-order valence-electron chi connectivity index (χ0n) is 13.8. The third-order valence-electron chi connectivity index (χ3n) is 4.11. The van der Waals surface area contributed by atoms with Crippen LogP contribution in [0.3, 0.4) is 0 Å². The Morgan fingerprint density at radius 3 is 2.59 bits per heavy atom. The molecule has 0 bridgehead atoms. The Labute approximate surface area is 134 Å². The summed E-state index contributed by atoms with van der Waals surface area (Å²) in [4.78, 5) is 10.3. The van der Waals surface area contributed by atoms with Crippen LogP contribution in [0.4, 0.5) is 0 Å². The van der Waals surface area contributed by atoms with E-state index in [1.54, 1.807) is 6.08 Å². The van der Waals surface area contributed by atoms with Crippen LogP contribution in [0, 0.1) is 0 Å². The van der Waals surface area contributed by atoms with Crippen LogP contribution >= 0.6 is 0 Å². The minimum atomic E-state index is -0.722. The monoisotopic (exact) mass is 311 g/mol. The number of hydrogen-bond donors (Lipinski definition) is 1. The molecule has 4 nitrogen and oxygen atoms in total. The lowest BCUT2D eigenvalue weighted by atomic mass is 10.1. The zero-order chi connectivity index (χ0) is 16.2. The van der Waals surface area contributed by atoms with Crippen molar-refractivity contribution < 1.29 is 19.7 Å². The van der Waals surface area contributed by atoms with Crippen molar-refractivity contribution in [2.75, 3.05) is 0 Å². The number of aliphatic carboxylic acids is 1. The molecule has 1 aliphatic heterocycles. The third kappa shape index (κ3) is 9.96. The molecule has 1 rings (SSSR count). The normalized spacial score (nSPS) is 22.1. The van der Waals surface area contributed by atoms with Gasteiger partial charge in [-0.1, -0.05) is 64.0 Å². The van der Waals surface area contributed by atoms with Gasteiger partial charge >= 0.3 is 5.97 Å². The van der Waals surface area contributed by atoms with Crippen LogP contribution in [-0.4, -0.2) is 29.4 Å². The molecule has 0 spiro atoms. The number of carboxylic acids is 1. The van der Waals surface area contributed by atoms with Crippen molar-refractivity contribution in [3.63, 3.8) is 0 Å². The van der Waals surface area contributed by atoms with Gasteiger partial charge < -0.3 is 9.84 Å². The minimum Gasteiger partial charge on any atom is -0.481 e. The van der Waals surface area contributed by atoms with E-state index < -0.39 is 12.1 Å². The lowest BCUT2D eigenvalue weighted by Gasteiger charge is -2.03. The molecule has 0 aromatic rings. The molecular weight excluding hydrogens is 280 g/mol. The molecule has 1 radical (unpaired) electrons. The van der Waals surface area contributed by atoms with Gasteiger partial charge in [-0.05, 0) is 19.3 Å². The van der Waals surface area contributed by atoms with E-state index in [1.165, 1.54) is 19.3 Å². The summed E-state index contributed by atoms with van der Waals surface area (Å²) < 4.78 is 5.53. The van der Waals surface area contributed by atoms with Crippen LogP contribution < -0.4 is 0 Å². The molecule has 1 fully saturated rings. The van der Waals surface area contributed by atoms with E-state index in [4.69, 9.17) is 9.84 Å². The van der Waals surface area contributed by atoms with Gasteiger partial charge in [0.25, 0.3) is 0 Å². The second-order valence-corrected chi connectivity index (χ2v) is 6.26. The fraction of sp³-hybridized carbons (Fsp3) is 0.833. The summed E-state index contributed by atoms with van der Waals surface area (Å²) in [7, 11) is 0. The Hall–Kier alpha value is -0.870. The number of ether oxygens (including phenoxy) is 1. The predicted molar refractivity (Wildman–Crippen MR) is 86.4 cm³/mol. The molecule has 0 aliphatic carbocycles. The Balaban J connectivity index is 1.92. The molecule has 1 saturated heterocycles. The highest BCUT2D eigenvalue weighted by Crippen LogP contribution is 2.28. The summed E-state index contributed by atoms with van der Waals surface area (Å²) in [6.45, 7) is 2.19. The van der Waals surface area contributed by atoms with Crippen LogP contribution in [-0.2, 0) is 14.6 Å². The molecule has 1 aliphatic rings. The van der Waals surface area contributed by atoms with Crippen LogP contribution in [0.1, 0.15) is 77.6 Å². The highest BCUT2D eigenvalue weighted by Gasteiger charge is 2.35. The third-order valence-corrected chi connectivity index (χ3v) is 4.11. The average molecular weight is 311 g/mol. The molecule has 127 valence electrons. The fourth-order valence-corrected chi connectivity index (χ4v) is 2.64. The molecule has 0 saturated carbocycles. The van der Waals surface area contributed by atoms with Gasteiger partial charge in [0.05, 0.1) is 6.10 Å². The standard InChI is InChI=1S/C18H31O4/c1-2-3-7-11-16-17(22-16)14-13-15(19)10-8-5-4-6-9-12-18(20)21/h13-17H,2-12H2,1H3,(H,20,21)/b14-13+. The number of hydrogen-bond acceptors (Lipinski definition) is 2. The summed E-state index contributed by atoms with van der Waals surface area (Å²) >= 11 is 0. The van der Waals surface area contributed by atoms with Crippen molar-refractivity contribution in [2.24, 2.45) is 0 Å². The van der Waals surface area contributed by atoms with Gasteiger partial charge in [-0.3, -0.25) is 4.79 Å². The van der Waals surface area contributed by atoms with Gasteiger partial charge in [-0.25, -0.2) is 5.11 Å². The van der Waals surface area contributed by atoms with E-state index in [9.17, 15) is 9.90 Å². The summed E-state index contributed by atoms with van der Waals surface area (Å²) in [5, 5.41) is 20.3. The molecule has 3 unspecified atom stereocenters. The Morgan fingerprint density at radius 2 is 1.86 bits per heavy atom. The van der Waals surface area contributed by atoms with Crippen LogP contribution in [0.5, 0.6) is 0 Å². The number of carbonyl (C=O) groups is 1. The number of carboxylic acid groups (broad SMARTS) is 1. The molecule has 1 N–H and O–H groups in total. The maximum atomic E-state index is 11.8. The Morgan fingerprint density at radius 1 is 1.14 bits per heavy atom. The van der Waals surface area contributed by atoms with Crippen molar-refractivity contribution in [3.8, 4) is 0 Å². The van der Waals surface area contributed by atoms with Crippen molar-refractivity contribution in [1.82, 2.24) is 0 Å². The smallest absolute Gasteiger partial charge is 0.303 e. The molecule has 1 heterocycles. The molecule has 3 atom stereocenters. The van der Waals surface area contributed by atoms with Crippen molar-refractivity contribution in [1.29, 1.82) is 0 Å². The predicted octanol–water partition coefficient (Wildman–Crippen LogP) is 4.50. The minimum absolute atomic E-state index is 0.185. The molecular formula is C18H31O4. The number of rotatable bonds is 14. The van der Waals surface area contributed by atoms with Crippen LogP contribution in [0.25, 0.3) is 0 Å². The first-order chi connectivity index (χ1) is 10.6. The van der Waals surface area contributed by atoms with Gasteiger partial charge in [-0.2, -0.15) is 0 Å². The second kappa shape index (κ2) is 11.7. The van der Waals surface area contributed by atoms with Gasteiger partial charge in [-0.15, -0.1) is 0 Å². The highest BCUT2D eigenvalue weighted by atomic mass is 16.6. The Kier molecular flexibility index (Phi) is 10.2. The van der Waals surface area contributed by atoms with Crippen LogP contribution in [0.2, 0.25) is 0 Å². The second-order valence-electron chi connectivity index (χ2n) is 6.26. The lowest BCUT2D eigenvalue weighted by molar-refractivity contribution is -0.137. The first-order valence-corrected chi connectivity index (χ1v) is 8.85. The van der Waals surface area contributed by atoms with E-state index in [-0.39, 0.29) is 12.5 Å². The van der Waals surface area contributed by atoms with Crippen molar-refractivity contribution in [2.45, 2.75) is 95.9 Å². The first kappa shape index (κ1) is 19.2. The number of unbranched alkanes of at least 4 members (excludes halogenated alkanes) is 6.